The summed E-state index contributed by atoms with van der Waals surface area (Å²) >= 11 is 4.94. The molecule has 0 saturated heterocycles. The highest BCUT2D eigenvalue weighted by Gasteiger charge is 2.31. The highest BCUT2D eigenvalue weighted by Crippen LogP contribution is 2.43. The topological polar surface area (TPSA) is 88.5 Å². The van der Waals surface area contributed by atoms with Crippen LogP contribution in [0, 0.1) is 0 Å². The van der Waals surface area contributed by atoms with Gasteiger partial charge in [-0.05, 0) is 48.0 Å². The van der Waals surface area contributed by atoms with E-state index in [1.54, 1.807) is 31.7 Å². The van der Waals surface area contributed by atoms with E-state index in [1.807, 2.05) is 41.9 Å². The third-order valence-corrected chi connectivity index (χ3v) is 6.14. The van der Waals surface area contributed by atoms with Crippen molar-refractivity contribution in [3.8, 4) is 5.75 Å². The van der Waals surface area contributed by atoms with Crippen molar-refractivity contribution in [1.29, 1.82) is 0 Å². The number of aromatic carboxylic acids is 1. The van der Waals surface area contributed by atoms with Gasteiger partial charge in [-0.1, -0.05) is 18.2 Å². The Morgan fingerprint density at radius 3 is 2.48 bits per heavy atom. The lowest BCUT2D eigenvalue weighted by Crippen LogP contribution is -2.29. The maximum Gasteiger partial charge on any atom is 0.338 e. The van der Waals surface area contributed by atoms with Crippen molar-refractivity contribution in [2.45, 2.75) is 30.0 Å². The molecule has 5 nitrogen and oxygen atoms in total. The Morgan fingerprint density at radius 1 is 1.30 bits per heavy atom. The molecule has 2 aromatic carbocycles. The normalized spacial score (nSPS) is 11.9. The van der Waals surface area contributed by atoms with Gasteiger partial charge in [-0.25, -0.2) is 4.79 Å². The monoisotopic (exact) mass is 448 g/mol. The van der Waals surface area contributed by atoms with E-state index in [-0.39, 0.29) is 11.3 Å². The average Bonchev–Trinajstić information content (AvgIpc) is 2.85. The van der Waals surface area contributed by atoms with Crippen molar-refractivity contribution in [2.75, 3.05) is 0 Å². The molecule has 3 aromatic rings. The highest BCUT2D eigenvalue weighted by molar-refractivity contribution is 9.10. The zero-order valence-electron chi connectivity index (χ0n) is 15.3. The summed E-state index contributed by atoms with van der Waals surface area (Å²) in [6.45, 7) is 3.51. The first kappa shape index (κ1) is 19.8. The maximum absolute atomic E-state index is 12.2. The van der Waals surface area contributed by atoms with Crippen LogP contribution in [0.3, 0.4) is 0 Å². The quantitative estimate of drug-likeness (QED) is 0.486. The van der Waals surface area contributed by atoms with Gasteiger partial charge in [0, 0.05) is 39.9 Å². The Hall–Kier alpha value is -1.96. The Bertz CT molecular complexity index is 1020. The SMILES string of the molecule is Cn1c(CSc2ccccc2)c(C(=O)O)c2c(C(C)(C)N)c(O)c(Br)cc21. The lowest BCUT2D eigenvalue weighted by molar-refractivity contribution is 0.0698. The summed E-state index contributed by atoms with van der Waals surface area (Å²) in [5.74, 6) is -0.568. The molecule has 4 N–H and O–H groups in total. The molecule has 0 amide bonds. The Kier molecular flexibility index (Phi) is 5.29. The number of benzene rings is 2. The van der Waals surface area contributed by atoms with Gasteiger partial charge in [0.05, 0.1) is 15.6 Å². The van der Waals surface area contributed by atoms with Crippen LogP contribution in [0.4, 0.5) is 0 Å². The van der Waals surface area contributed by atoms with E-state index in [0.717, 1.165) is 4.90 Å². The standard InChI is InChI=1S/C20H21BrN2O3S/c1-20(2,22)17-15-13(9-12(21)18(17)24)23(3)14(16(15)19(25)26)10-27-11-7-5-4-6-8-11/h4-9,24H,10,22H2,1-3H3,(H,25,26). The molecule has 1 aromatic heterocycles. The van der Waals surface area contributed by atoms with Crippen LogP contribution in [0.2, 0.25) is 0 Å². The molecule has 0 fully saturated rings. The van der Waals surface area contributed by atoms with Crippen LogP contribution in [0.15, 0.2) is 45.8 Å². The second-order valence-corrected chi connectivity index (χ2v) is 8.89. The number of hydrogen-bond acceptors (Lipinski definition) is 4. The summed E-state index contributed by atoms with van der Waals surface area (Å²) in [4.78, 5) is 13.2. The van der Waals surface area contributed by atoms with Crippen LogP contribution in [0.1, 0.15) is 35.5 Å². The van der Waals surface area contributed by atoms with Gasteiger partial charge in [-0.3, -0.25) is 0 Å². The first-order valence-corrected chi connectivity index (χ1v) is 10.1. The van der Waals surface area contributed by atoms with E-state index in [1.165, 1.54) is 0 Å². The molecule has 3 rings (SSSR count). The number of aromatic nitrogens is 1. The predicted octanol–water partition coefficient (Wildman–Crippen LogP) is 4.83. The number of carbonyl (C=O) groups is 1. The minimum absolute atomic E-state index is 0.0228. The summed E-state index contributed by atoms with van der Waals surface area (Å²) in [6, 6.07) is 11.6. The van der Waals surface area contributed by atoms with Crippen molar-refractivity contribution in [3.63, 3.8) is 0 Å². The molecular weight excluding hydrogens is 428 g/mol. The smallest absolute Gasteiger partial charge is 0.338 e. The van der Waals surface area contributed by atoms with E-state index in [2.05, 4.69) is 15.9 Å². The largest absolute Gasteiger partial charge is 0.506 e. The Labute approximate surface area is 170 Å². The van der Waals surface area contributed by atoms with E-state index < -0.39 is 11.5 Å². The second kappa shape index (κ2) is 7.22. The van der Waals surface area contributed by atoms with E-state index in [9.17, 15) is 15.0 Å². The predicted molar refractivity (Wildman–Crippen MR) is 112 cm³/mol. The van der Waals surface area contributed by atoms with Crippen LogP contribution in [0.25, 0.3) is 10.9 Å². The number of aryl methyl sites for hydroxylation is 1. The Morgan fingerprint density at radius 2 is 1.93 bits per heavy atom. The number of fused-ring (bicyclic) bond motifs is 1. The second-order valence-electron chi connectivity index (χ2n) is 6.99. The first-order chi connectivity index (χ1) is 12.6. The molecular formula is C20H21BrN2O3S. The summed E-state index contributed by atoms with van der Waals surface area (Å²) in [5.41, 5.74) is 7.39. The number of aromatic hydroxyl groups is 1. The number of carboxylic acid groups (broad SMARTS) is 1. The highest BCUT2D eigenvalue weighted by atomic mass is 79.9. The van der Waals surface area contributed by atoms with Gasteiger partial charge in [0.25, 0.3) is 0 Å². The van der Waals surface area contributed by atoms with E-state index >= 15 is 0 Å². The average molecular weight is 449 g/mol. The summed E-state index contributed by atoms with van der Waals surface area (Å²) in [6.07, 6.45) is 0. The van der Waals surface area contributed by atoms with Gasteiger partial charge in [-0.15, -0.1) is 11.8 Å². The van der Waals surface area contributed by atoms with Crippen molar-refractivity contribution in [3.05, 3.63) is 57.7 Å². The van der Waals surface area contributed by atoms with Crippen molar-refractivity contribution >= 4 is 44.6 Å². The third-order valence-electron chi connectivity index (χ3n) is 4.51. The molecule has 7 heteroatoms. The first-order valence-electron chi connectivity index (χ1n) is 8.36. The molecule has 0 aliphatic heterocycles. The fourth-order valence-electron chi connectivity index (χ4n) is 3.30. The fourth-order valence-corrected chi connectivity index (χ4v) is 4.70. The molecule has 0 saturated carbocycles. The third kappa shape index (κ3) is 3.59. The van der Waals surface area contributed by atoms with Gasteiger partial charge < -0.3 is 20.5 Å². The molecule has 0 unspecified atom stereocenters. The number of nitrogens with two attached hydrogens (primary N) is 1. The van der Waals surface area contributed by atoms with Crippen LogP contribution >= 0.6 is 27.7 Å². The lowest BCUT2D eigenvalue weighted by atomic mass is 9.89. The zero-order valence-corrected chi connectivity index (χ0v) is 17.7. The van der Waals surface area contributed by atoms with E-state index in [0.29, 0.717) is 32.4 Å². The van der Waals surface area contributed by atoms with Crippen LogP contribution in [-0.2, 0) is 18.3 Å². The molecule has 0 bridgehead atoms. The maximum atomic E-state index is 12.2. The van der Waals surface area contributed by atoms with Gasteiger partial charge in [0.2, 0.25) is 0 Å². The molecule has 0 atom stereocenters. The summed E-state index contributed by atoms with van der Waals surface area (Å²) in [5, 5.41) is 21.1. The lowest BCUT2D eigenvalue weighted by Gasteiger charge is -2.23. The fraction of sp³-hybridized carbons (Fsp3) is 0.250. The number of carboxylic acids is 1. The molecule has 27 heavy (non-hydrogen) atoms. The van der Waals surface area contributed by atoms with Gasteiger partial charge in [0.15, 0.2) is 0 Å². The van der Waals surface area contributed by atoms with Gasteiger partial charge in [-0.2, -0.15) is 0 Å². The molecule has 0 aliphatic rings. The van der Waals surface area contributed by atoms with E-state index in [4.69, 9.17) is 5.73 Å². The Balaban J connectivity index is 2.27. The molecule has 0 spiro atoms. The summed E-state index contributed by atoms with van der Waals surface area (Å²) < 4.78 is 2.36. The van der Waals surface area contributed by atoms with Crippen LogP contribution in [-0.4, -0.2) is 20.7 Å². The number of phenols is 1. The summed E-state index contributed by atoms with van der Waals surface area (Å²) in [7, 11) is 1.84. The minimum atomic E-state index is -1.03. The number of nitrogens with zero attached hydrogens (tertiary/aromatic N) is 1. The number of hydrogen-bond donors (Lipinski definition) is 3. The van der Waals surface area contributed by atoms with Gasteiger partial charge in [0.1, 0.15) is 5.75 Å². The molecule has 1 heterocycles. The van der Waals surface area contributed by atoms with Crippen LogP contribution in [0.5, 0.6) is 5.75 Å². The zero-order chi connectivity index (χ0) is 19.9. The molecule has 0 radical (unpaired) electrons. The molecule has 0 aliphatic carbocycles. The molecule has 142 valence electrons. The van der Waals surface area contributed by atoms with Crippen molar-refractivity contribution in [1.82, 2.24) is 4.57 Å². The number of thioether (sulfide) groups is 1. The number of halogens is 1. The number of phenolic OH excluding ortho intramolecular Hbond substituents is 1. The number of rotatable bonds is 5. The van der Waals surface area contributed by atoms with Gasteiger partial charge >= 0.3 is 5.97 Å². The van der Waals surface area contributed by atoms with Crippen LogP contribution < -0.4 is 5.73 Å². The van der Waals surface area contributed by atoms with Crippen molar-refractivity contribution < 1.29 is 15.0 Å². The minimum Gasteiger partial charge on any atom is -0.506 e. The van der Waals surface area contributed by atoms with Crippen molar-refractivity contribution in [2.24, 2.45) is 12.8 Å².